The Labute approximate surface area is 59.6 Å². The molecule has 11 heavy (non-hydrogen) atoms. The molecule has 7 nitrogen and oxygen atoms in total. The van der Waals surface area contributed by atoms with Crippen molar-refractivity contribution in [1.82, 2.24) is 15.0 Å². The third-order valence-corrected chi connectivity index (χ3v) is 0.598. The summed E-state index contributed by atoms with van der Waals surface area (Å²) in [5, 5.41) is 5.40. The molecule has 58 valence electrons. The quantitative estimate of drug-likeness (QED) is 0.308. The molecule has 1 aromatic rings. The molecule has 0 aromatic carbocycles. The Morgan fingerprint density at radius 3 is 2.36 bits per heavy atom. The largest absolute Gasteiger partial charge is 0.350 e. The van der Waals surface area contributed by atoms with E-state index in [2.05, 4.69) is 9.97 Å². The summed E-state index contributed by atoms with van der Waals surface area (Å²) in [5.74, 6) is 0. The molecule has 0 spiro atoms. The highest BCUT2D eigenvalue weighted by Crippen LogP contribution is 1.40. The molecule has 7 heteroatoms. The molecule has 0 bridgehead atoms. The van der Waals surface area contributed by atoms with Crippen LogP contribution in [0.2, 0.25) is 0 Å². The Balaban J connectivity index is 0.000000292. The third-order valence-electron chi connectivity index (χ3n) is 0.598. The van der Waals surface area contributed by atoms with Crippen LogP contribution in [0.3, 0.4) is 0 Å². The van der Waals surface area contributed by atoms with Crippen molar-refractivity contribution >= 4 is 6.08 Å². The van der Waals surface area contributed by atoms with Gasteiger partial charge in [0.2, 0.25) is 6.08 Å². The molecule has 0 atom stereocenters. The van der Waals surface area contributed by atoms with E-state index in [1.54, 1.807) is 0 Å². The molecule has 0 fully saturated rings. The van der Waals surface area contributed by atoms with Crippen molar-refractivity contribution < 1.29 is 4.79 Å². The highest BCUT2D eigenvalue weighted by atomic mass is 16.2. The summed E-state index contributed by atoms with van der Waals surface area (Å²) in [7, 11) is 0. The van der Waals surface area contributed by atoms with E-state index < -0.39 is 11.4 Å². The Hall–Kier alpha value is -2.01. The first-order valence-corrected chi connectivity index (χ1v) is 2.38. The Kier molecular flexibility index (Phi) is 3.95. The molecule has 1 rings (SSSR count). The van der Waals surface area contributed by atoms with Gasteiger partial charge in [-0.3, -0.25) is 9.97 Å². The summed E-state index contributed by atoms with van der Waals surface area (Å²) in [6, 6.07) is 0. The fourth-order valence-electron chi connectivity index (χ4n) is 0.315. The van der Waals surface area contributed by atoms with E-state index in [0.29, 0.717) is 0 Å². The number of hydrogen-bond donors (Lipinski definition) is 3. The van der Waals surface area contributed by atoms with Gasteiger partial charge in [-0.15, -0.1) is 0 Å². The van der Waals surface area contributed by atoms with Crippen LogP contribution in [0.4, 0.5) is 0 Å². The summed E-state index contributed by atoms with van der Waals surface area (Å²) < 4.78 is 0. The predicted molar refractivity (Wildman–Crippen MR) is 33.9 cm³/mol. The average Bonchev–Trinajstić information content (AvgIpc) is 1.88. The van der Waals surface area contributed by atoms with Crippen LogP contribution in [0.1, 0.15) is 0 Å². The molecule has 3 N–H and O–H groups in total. The van der Waals surface area contributed by atoms with Gasteiger partial charge in [0.25, 0.3) is 0 Å². The number of rotatable bonds is 0. The number of nitrogens with one attached hydrogen (secondary N) is 3. The van der Waals surface area contributed by atoms with Crippen molar-refractivity contribution in [2.24, 2.45) is 0 Å². The third kappa shape index (κ3) is 4.49. The van der Waals surface area contributed by atoms with Gasteiger partial charge in [-0.2, -0.15) is 4.98 Å². The van der Waals surface area contributed by atoms with Crippen LogP contribution in [-0.4, -0.2) is 21.0 Å². The van der Waals surface area contributed by atoms with Gasteiger partial charge in [0.05, 0.1) is 0 Å². The summed E-state index contributed by atoms with van der Waals surface area (Å²) in [6.07, 6.45) is 1.79. The van der Waals surface area contributed by atoms with Crippen LogP contribution in [0.15, 0.2) is 15.9 Å². The van der Waals surface area contributed by atoms with Crippen molar-refractivity contribution in [1.29, 1.82) is 5.41 Å². The van der Waals surface area contributed by atoms with Gasteiger partial charge in [0.15, 0.2) is 0 Å². The van der Waals surface area contributed by atoms with Crippen molar-refractivity contribution in [3.8, 4) is 0 Å². The topological polar surface area (TPSA) is 120 Å². The molecule has 0 saturated heterocycles. The Morgan fingerprint density at radius 1 is 1.55 bits per heavy atom. The zero-order valence-electron chi connectivity index (χ0n) is 5.25. The molecular formula is C4H4N4O3. The highest BCUT2D eigenvalue weighted by molar-refractivity contribution is 5.26. The molecule has 0 aliphatic heterocycles. The first kappa shape index (κ1) is 8.99. The van der Waals surface area contributed by atoms with Crippen molar-refractivity contribution in [3.63, 3.8) is 0 Å². The number of nitrogens with zero attached hydrogens (tertiary/aromatic N) is 1. The van der Waals surface area contributed by atoms with E-state index in [9.17, 15) is 9.59 Å². The molecular weight excluding hydrogens is 152 g/mol. The Bertz CT molecular complexity index is 319. The maximum Gasteiger partial charge on any atom is 0.350 e. The minimum atomic E-state index is -0.631. The maximum atomic E-state index is 10.1. The standard InChI is InChI=1S/C3H3N3O2.CHNO/c7-2-4-1-5-3(8)6-2;2-1-3/h1H,(H2,4,5,6,7,8);2H. The Morgan fingerprint density at radius 2 is 2.09 bits per heavy atom. The van der Waals surface area contributed by atoms with Gasteiger partial charge < -0.3 is 0 Å². The first-order chi connectivity index (χ1) is 5.20. The van der Waals surface area contributed by atoms with Crippen molar-refractivity contribution in [2.75, 3.05) is 0 Å². The number of isocyanates is 1. The predicted octanol–water partition coefficient (Wildman–Crippen LogP) is -1.64. The zero-order valence-corrected chi connectivity index (χ0v) is 5.25. The lowest BCUT2D eigenvalue weighted by atomic mass is 11.0. The molecule has 1 aromatic heterocycles. The summed E-state index contributed by atoms with van der Waals surface area (Å²) >= 11 is 0. The van der Waals surface area contributed by atoms with Crippen LogP contribution >= 0.6 is 0 Å². The van der Waals surface area contributed by atoms with Gasteiger partial charge >= 0.3 is 11.4 Å². The number of carbonyl (C=O) groups excluding carboxylic acids is 1. The second-order valence-corrected chi connectivity index (χ2v) is 1.26. The number of H-pyrrole nitrogens is 2. The normalized spacial score (nSPS) is 7.27. The van der Waals surface area contributed by atoms with E-state index in [4.69, 9.17) is 10.2 Å². The van der Waals surface area contributed by atoms with Crippen LogP contribution in [0.5, 0.6) is 0 Å². The minimum Gasteiger partial charge on any atom is -0.298 e. The van der Waals surface area contributed by atoms with Crippen LogP contribution in [-0.2, 0) is 4.79 Å². The zero-order chi connectivity index (χ0) is 8.69. The molecule has 1 heterocycles. The van der Waals surface area contributed by atoms with Gasteiger partial charge in [0.1, 0.15) is 6.33 Å². The van der Waals surface area contributed by atoms with Gasteiger partial charge in [-0.1, -0.05) is 0 Å². The molecule has 0 unspecified atom stereocenters. The van der Waals surface area contributed by atoms with E-state index in [1.807, 2.05) is 4.98 Å². The SMILES string of the molecule is N=C=O.O=c1nc[nH]c(=O)[nH]1. The average molecular weight is 156 g/mol. The van der Waals surface area contributed by atoms with Crippen LogP contribution < -0.4 is 11.4 Å². The van der Waals surface area contributed by atoms with E-state index in [0.717, 1.165) is 12.4 Å². The number of aromatic amines is 2. The van der Waals surface area contributed by atoms with Crippen LogP contribution in [0, 0.1) is 5.41 Å². The fraction of sp³-hybridized carbons (Fsp3) is 0. The summed E-state index contributed by atoms with van der Waals surface area (Å²) in [5.41, 5.74) is -1.17. The lowest BCUT2D eigenvalue weighted by Crippen LogP contribution is -2.22. The second-order valence-electron chi connectivity index (χ2n) is 1.26. The highest BCUT2D eigenvalue weighted by Gasteiger charge is 1.79. The molecule has 0 saturated carbocycles. The van der Waals surface area contributed by atoms with Crippen molar-refractivity contribution in [2.45, 2.75) is 0 Å². The smallest absolute Gasteiger partial charge is 0.298 e. The van der Waals surface area contributed by atoms with Gasteiger partial charge in [-0.25, -0.2) is 19.8 Å². The van der Waals surface area contributed by atoms with Crippen LogP contribution in [0.25, 0.3) is 0 Å². The summed E-state index contributed by atoms with van der Waals surface area (Å²) in [4.78, 5) is 35.8. The first-order valence-electron chi connectivity index (χ1n) is 2.38. The van der Waals surface area contributed by atoms with Gasteiger partial charge in [-0.05, 0) is 0 Å². The molecule has 0 amide bonds. The molecule has 0 radical (unpaired) electrons. The lowest BCUT2D eigenvalue weighted by molar-refractivity contribution is 0.563. The minimum absolute atomic E-state index is 0.537. The van der Waals surface area contributed by atoms with E-state index in [1.165, 1.54) is 0 Å². The lowest BCUT2D eigenvalue weighted by Gasteiger charge is -1.74. The number of hydrogen-bond acceptors (Lipinski definition) is 5. The maximum absolute atomic E-state index is 10.1. The summed E-state index contributed by atoms with van der Waals surface area (Å²) in [6.45, 7) is 0. The number of aromatic nitrogens is 3. The fourth-order valence-corrected chi connectivity index (χ4v) is 0.315. The molecule has 0 aliphatic carbocycles. The van der Waals surface area contributed by atoms with E-state index >= 15 is 0 Å². The van der Waals surface area contributed by atoms with E-state index in [-0.39, 0.29) is 0 Å². The van der Waals surface area contributed by atoms with Gasteiger partial charge in [0, 0.05) is 0 Å². The second kappa shape index (κ2) is 4.83. The van der Waals surface area contributed by atoms with Crippen molar-refractivity contribution in [3.05, 3.63) is 27.3 Å². The monoisotopic (exact) mass is 156 g/mol. The molecule has 0 aliphatic rings.